The number of carbonyl (C=O) groups is 2. The van der Waals surface area contributed by atoms with Gasteiger partial charge in [-0.1, -0.05) is 0 Å². The van der Waals surface area contributed by atoms with E-state index in [2.05, 4.69) is 15.4 Å². The Bertz CT molecular complexity index is 1870. The Balaban J connectivity index is 1.41. The van der Waals surface area contributed by atoms with Crippen LogP contribution < -0.4 is 20.5 Å². The zero-order valence-corrected chi connectivity index (χ0v) is 23.8. The van der Waals surface area contributed by atoms with E-state index in [-0.39, 0.29) is 28.7 Å². The number of nitrogens with one attached hydrogen (secondary N) is 1. The molecule has 1 aliphatic carbocycles. The molecule has 4 aromatic rings. The molecule has 4 N–H and O–H groups in total. The van der Waals surface area contributed by atoms with Crippen molar-refractivity contribution in [2.24, 2.45) is 5.73 Å². The first-order valence-electron chi connectivity index (χ1n) is 13.7. The van der Waals surface area contributed by atoms with E-state index < -0.39 is 70.7 Å². The molecule has 1 aliphatic heterocycles. The highest BCUT2D eigenvalue weighted by molar-refractivity contribution is 6.00. The van der Waals surface area contributed by atoms with Crippen molar-refractivity contribution in [3.8, 4) is 22.8 Å². The smallest absolute Gasteiger partial charge is 0.424 e. The maximum atomic E-state index is 14.9. The van der Waals surface area contributed by atoms with Gasteiger partial charge >= 0.3 is 6.18 Å². The van der Waals surface area contributed by atoms with Crippen LogP contribution in [0, 0.1) is 11.6 Å². The van der Waals surface area contributed by atoms with Crippen LogP contribution in [0.4, 0.5) is 22.0 Å². The average molecular weight is 632 g/mol. The quantitative estimate of drug-likeness (QED) is 0.249. The number of benzene rings is 2. The molecule has 0 unspecified atom stereocenters. The Morgan fingerprint density at radius 2 is 1.93 bits per heavy atom. The standard InChI is InChI=1S/C30H26F5N5O5/c1-28(27(36)42)13-45-25-19(28)10-22(38-24(25)18-6-3-16(31)9-20(18)32)29(43,30(33,34)35)12-37-26(41)14-7-15-11-40(17-4-5-17)39-23(15)21(8-14)44-2/h3,6-11,17,43H,4-5,12-13H2,1-2H3,(H2,36,42)(H,37,41)/t28-,29-/m0/s1. The number of carbonyl (C=O) groups excluding carboxylic acids is 2. The predicted molar refractivity (Wildman–Crippen MR) is 148 cm³/mol. The van der Waals surface area contributed by atoms with Crippen molar-refractivity contribution in [1.29, 1.82) is 0 Å². The molecule has 1 saturated carbocycles. The number of hydrogen-bond donors (Lipinski definition) is 3. The molecular weight excluding hydrogens is 605 g/mol. The van der Waals surface area contributed by atoms with Crippen LogP contribution in [0.15, 0.2) is 42.6 Å². The molecule has 2 aliphatic rings. The van der Waals surface area contributed by atoms with Crippen molar-refractivity contribution < 1.29 is 46.1 Å². The Labute approximate surface area is 251 Å². The summed E-state index contributed by atoms with van der Waals surface area (Å²) >= 11 is 0. The van der Waals surface area contributed by atoms with E-state index in [4.69, 9.17) is 15.2 Å². The number of ether oxygens (including phenoxy) is 2. The molecule has 2 amide bonds. The minimum absolute atomic E-state index is 0.0649. The normalized spacial score (nSPS) is 19.1. The number of primary amides is 1. The lowest BCUT2D eigenvalue weighted by Crippen LogP contribution is -2.51. The predicted octanol–water partition coefficient (Wildman–Crippen LogP) is 4.04. The van der Waals surface area contributed by atoms with Gasteiger partial charge in [0, 0.05) is 34.3 Å². The molecule has 236 valence electrons. The number of aromatic nitrogens is 3. The van der Waals surface area contributed by atoms with Gasteiger partial charge in [0.2, 0.25) is 11.5 Å². The van der Waals surface area contributed by atoms with Crippen molar-refractivity contribution in [1.82, 2.24) is 20.1 Å². The Morgan fingerprint density at radius 3 is 2.56 bits per heavy atom. The largest absolute Gasteiger partial charge is 0.494 e. The number of methoxy groups -OCH3 is 1. The van der Waals surface area contributed by atoms with Crippen molar-refractivity contribution in [3.05, 3.63) is 71.1 Å². The lowest BCUT2D eigenvalue weighted by molar-refractivity contribution is -0.265. The van der Waals surface area contributed by atoms with Crippen LogP contribution in [0.2, 0.25) is 0 Å². The molecule has 10 nitrogen and oxygen atoms in total. The molecule has 15 heteroatoms. The monoisotopic (exact) mass is 631 g/mol. The molecule has 1 fully saturated rings. The van der Waals surface area contributed by atoms with Crippen LogP contribution in [0.1, 0.15) is 47.4 Å². The van der Waals surface area contributed by atoms with Gasteiger partial charge in [-0.05, 0) is 50.1 Å². The van der Waals surface area contributed by atoms with Crippen molar-refractivity contribution >= 4 is 22.7 Å². The van der Waals surface area contributed by atoms with Crippen LogP contribution in [-0.4, -0.2) is 58.1 Å². The van der Waals surface area contributed by atoms with Gasteiger partial charge in [-0.25, -0.2) is 13.8 Å². The minimum Gasteiger partial charge on any atom is -0.494 e. The van der Waals surface area contributed by atoms with Crippen LogP contribution in [0.3, 0.4) is 0 Å². The maximum Gasteiger partial charge on any atom is 0.424 e. The first-order valence-corrected chi connectivity index (χ1v) is 13.7. The number of nitrogens with zero attached hydrogens (tertiary/aromatic N) is 3. The van der Waals surface area contributed by atoms with Gasteiger partial charge < -0.3 is 25.6 Å². The summed E-state index contributed by atoms with van der Waals surface area (Å²) in [5, 5.41) is 18.3. The van der Waals surface area contributed by atoms with E-state index in [9.17, 15) is 36.6 Å². The van der Waals surface area contributed by atoms with E-state index in [1.54, 1.807) is 10.9 Å². The SMILES string of the molecule is COc1cc(C(=O)NC[C@](O)(c2cc3c(c(-c4ccc(F)cc4F)n2)OC[C@]3(C)C(N)=O)C(F)(F)F)cc2cn(C3CC3)nc12. The molecule has 0 saturated heterocycles. The summed E-state index contributed by atoms with van der Waals surface area (Å²) < 4.78 is 85.3. The summed E-state index contributed by atoms with van der Waals surface area (Å²) in [6.45, 7) is -0.539. The van der Waals surface area contributed by atoms with E-state index in [1.165, 1.54) is 26.2 Å². The number of pyridine rings is 1. The number of alkyl halides is 3. The first kappa shape index (κ1) is 30.2. The highest BCUT2D eigenvalue weighted by Gasteiger charge is 2.58. The Morgan fingerprint density at radius 1 is 1.20 bits per heavy atom. The third-order valence-corrected chi connectivity index (χ3v) is 8.19. The van der Waals surface area contributed by atoms with Crippen LogP contribution in [0.25, 0.3) is 22.2 Å². The molecular formula is C30H26F5N5O5. The van der Waals surface area contributed by atoms with E-state index in [0.717, 1.165) is 31.0 Å². The molecule has 45 heavy (non-hydrogen) atoms. The maximum absolute atomic E-state index is 14.9. The second-order valence-electron chi connectivity index (χ2n) is 11.3. The minimum atomic E-state index is -5.45. The van der Waals surface area contributed by atoms with E-state index in [1.807, 2.05) is 0 Å². The fourth-order valence-corrected chi connectivity index (χ4v) is 5.24. The zero-order chi connectivity index (χ0) is 32.5. The molecule has 0 radical (unpaired) electrons. The zero-order valence-electron chi connectivity index (χ0n) is 23.8. The lowest BCUT2D eigenvalue weighted by Gasteiger charge is -2.31. The molecule has 2 aromatic carbocycles. The number of fused-ring (bicyclic) bond motifs is 2. The number of halogens is 5. The fourth-order valence-electron chi connectivity index (χ4n) is 5.24. The van der Waals surface area contributed by atoms with Gasteiger partial charge in [0.1, 0.15) is 46.4 Å². The summed E-state index contributed by atoms with van der Waals surface area (Å²) in [4.78, 5) is 29.5. The number of amides is 2. The lowest BCUT2D eigenvalue weighted by atomic mass is 9.81. The molecule has 3 heterocycles. The van der Waals surface area contributed by atoms with Crippen LogP contribution >= 0.6 is 0 Å². The van der Waals surface area contributed by atoms with Crippen molar-refractivity contribution in [3.63, 3.8) is 0 Å². The average Bonchev–Trinajstić information content (AvgIpc) is 3.65. The molecule has 2 atom stereocenters. The van der Waals surface area contributed by atoms with Gasteiger partial charge in [0.25, 0.3) is 5.91 Å². The van der Waals surface area contributed by atoms with Gasteiger partial charge in [-0.2, -0.15) is 18.3 Å². The number of aliphatic hydroxyl groups is 1. The van der Waals surface area contributed by atoms with Crippen molar-refractivity contribution in [2.45, 2.75) is 43.0 Å². The summed E-state index contributed by atoms with van der Waals surface area (Å²) in [6, 6.07) is 6.04. The number of hydrogen-bond acceptors (Lipinski definition) is 7. The molecule has 6 rings (SSSR count). The second-order valence-corrected chi connectivity index (χ2v) is 11.3. The van der Waals surface area contributed by atoms with Crippen LogP contribution in [-0.2, 0) is 15.8 Å². The van der Waals surface area contributed by atoms with E-state index in [0.29, 0.717) is 17.0 Å². The highest BCUT2D eigenvalue weighted by atomic mass is 19.4. The van der Waals surface area contributed by atoms with Gasteiger partial charge in [0.15, 0.2) is 0 Å². The first-order chi connectivity index (χ1) is 21.2. The summed E-state index contributed by atoms with van der Waals surface area (Å²) in [5.74, 6) is -4.13. The topological polar surface area (TPSA) is 142 Å². The summed E-state index contributed by atoms with van der Waals surface area (Å²) in [7, 11) is 1.36. The van der Waals surface area contributed by atoms with Crippen molar-refractivity contribution in [2.75, 3.05) is 20.3 Å². The molecule has 0 spiro atoms. The second kappa shape index (κ2) is 10.4. The molecule has 2 aromatic heterocycles. The third kappa shape index (κ3) is 5.00. The van der Waals surface area contributed by atoms with Gasteiger partial charge in [-0.15, -0.1) is 0 Å². The highest BCUT2D eigenvalue weighted by Crippen LogP contribution is 2.48. The summed E-state index contributed by atoms with van der Waals surface area (Å²) in [5.41, 5.74) is -1.84. The van der Waals surface area contributed by atoms with Gasteiger partial charge in [0.05, 0.1) is 25.4 Å². The van der Waals surface area contributed by atoms with Gasteiger partial charge in [-0.3, -0.25) is 14.3 Å². The Hall–Kier alpha value is -4.79. The van der Waals surface area contributed by atoms with E-state index >= 15 is 0 Å². The third-order valence-electron chi connectivity index (χ3n) is 8.19. The van der Waals surface area contributed by atoms with Crippen LogP contribution in [0.5, 0.6) is 11.5 Å². The number of nitrogens with two attached hydrogens (primary N) is 1. The summed E-state index contributed by atoms with van der Waals surface area (Å²) in [6.07, 6.45) is -1.86. The number of rotatable bonds is 8. The Kier molecular flexibility index (Phi) is 6.99. The molecule has 0 bridgehead atoms. The fraction of sp³-hybridized carbons (Fsp3) is 0.333.